The van der Waals surface area contributed by atoms with Crippen LogP contribution in [0.3, 0.4) is 0 Å². The summed E-state index contributed by atoms with van der Waals surface area (Å²) < 4.78 is 5.40. The average Bonchev–Trinajstić information content (AvgIpc) is 3.17. The van der Waals surface area contributed by atoms with Crippen LogP contribution in [0, 0.1) is 5.92 Å². The lowest BCUT2D eigenvalue weighted by Gasteiger charge is -2.36. The molecule has 3 unspecified atom stereocenters. The van der Waals surface area contributed by atoms with E-state index in [0.717, 1.165) is 25.8 Å². The average molecular weight is 281 g/mol. The van der Waals surface area contributed by atoms with Crippen molar-refractivity contribution in [2.24, 2.45) is 5.92 Å². The van der Waals surface area contributed by atoms with Crippen molar-refractivity contribution in [2.45, 2.75) is 44.3 Å². The first-order chi connectivity index (χ1) is 9.66. The van der Waals surface area contributed by atoms with Gasteiger partial charge in [-0.25, -0.2) is 0 Å². The van der Waals surface area contributed by atoms with Gasteiger partial charge in [0.05, 0.1) is 19.3 Å². The third-order valence-corrected chi connectivity index (χ3v) is 4.44. The Labute approximate surface area is 119 Å². The summed E-state index contributed by atoms with van der Waals surface area (Å²) >= 11 is 0. The van der Waals surface area contributed by atoms with Crippen molar-refractivity contribution < 1.29 is 14.3 Å². The van der Waals surface area contributed by atoms with E-state index in [0.29, 0.717) is 31.7 Å². The number of nitrogens with one attached hydrogen (secondary N) is 2. The van der Waals surface area contributed by atoms with Crippen molar-refractivity contribution in [3.63, 3.8) is 0 Å². The highest BCUT2D eigenvalue weighted by atomic mass is 16.5. The van der Waals surface area contributed by atoms with Gasteiger partial charge >= 0.3 is 0 Å². The molecule has 1 saturated carbocycles. The van der Waals surface area contributed by atoms with Crippen LogP contribution in [0.2, 0.25) is 0 Å². The molecule has 0 aromatic rings. The Hall–Kier alpha value is -1.14. The van der Waals surface area contributed by atoms with Gasteiger partial charge in [0.1, 0.15) is 6.04 Å². The Kier molecular flexibility index (Phi) is 3.94. The minimum absolute atomic E-state index is 0.0502. The minimum Gasteiger partial charge on any atom is -0.377 e. The summed E-state index contributed by atoms with van der Waals surface area (Å²) in [6.07, 6.45) is 3.11. The third kappa shape index (κ3) is 2.81. The number of nitrogens with zero attached hydrogens (tertiary/aromatic N) is 1. The quantitative estimate of drug-likeness (QED) is 0.731. The zero-order valence-corrected chi connectivity index (χ0v) is 11.9. The lowest BCUT2D eigenvalue weighted by Crippen LogP contribution is -2.59. The molecular formula is C14H23N3O3. The van der Waals surface area contributed by atoms with Crippen LogP contribution >= 0.6 is 0 Å². The van der Waals surface area contributed by atoms with Gasteiger partial charge in [-0.15, -0.1) is 0 Å². The molecule has 0 aromatic heterocycles. The van der Waals surface area contributed by atoms with Crippen LogP contribution in [0.4, 0.5) is 0 Å². The molecule has 6 nitrogen and oxygen atoms in total. The van der Waals surface area contributed by atoms with Gasteiger partial charge in [0, 0.05) is 12.6 Å². The lowest BCUT2D eigenvalue weighted by atomic mass is 10.0. The lowest BCUT2D eigenvalue weighted by molar-refractivity contribution is -0.150. The molecule has 0 spiro atoms. The number of ether oxygens (including phenoxy) is 1. The fourth-order valence-corrected chi connectivity index (χ4v) is 2.95. The number of hydrogen-bond donors (Lipinski definition) is 2. The summed E-state index contributed by atoms with van der Waals surface area (Å²) in [4.78, 5) is 26.6. The topological polar surface area (TPSA) is 70.7 Å². The summed E-state index contributed by atoms with van der Waals surface area (Å²) in [7, 11) is 0. The van der Waals surface area contributed by atoms with Crippen molar-refractivity contribution in [3.8, 4) is 0 Å². The van der Waals surface area contributed by atoms with Gasteiger partial charge in [0.15, 0.2) is 0 Å². The van der Waals surface area contributed by atoms with Gasteiger partial charge in [0.2, 0.25) is 11.8 Å². The molecule has 2 heterocycles. The first kappa shape index (κ1) is 13.8. The SMILES string of the molecule is CC1CCNC1C(=O)N1CCOCC1C(=O)NC1CC1. The first-order valence-corrected chi connectivity index (χ1v) is 7.59. The number of hydrogen-bond acceptors (Lipinski definition) is 4. The molecule has 3 fully saturated rings. The number of carbonyl (C=O) groups excluding carboxylic acids is 2. The summed E-state index contributed by atoms with van der Waals surface area (Å²) in [6.45, 7) is 4.29. The maximum Gasteiger partial charge on any atom is 0.245 e. The maximum atomic E-state index is 12.7. The molecule has 3 atom stereocenters. The van der Waals surface area contributed by atoms with Crippen LogP contribution in [0.25, 0.3) is 0 Å². The molecule has 0 radical (unpaired) electrons. The van der Waals surface area contributed by atoms with Gasteiger partial charge in [0.25, 0.3) is 0 Å². The Morgan fingerprint density at radius 1 is 1.30 bits per heavy atom. The molecule has 0 bridgehead atoms. The number of carbonyl (C=O) groups is 2. The second kappa shape index (κ2) is 5.69. The van der Waals surface area contributed by atoms with Crippen LogP contribution in [0.15, 0.2) is 0 Å². The molecule has 1 aliphatic carbocycles. The summed E-state index contributed by atoms with van der Waals surface area (Å²) in [5, 5.41) is 6.23. The van der Waals surface area contributed by atoms with Crippen molar-refractivity contribution in [1.29, 1.82) is 0 Å². The standard InChI is InChI=1S/C14H23N3O3/c1-9-4-5-15-12(9)14(19)17-6-7-20-8-11(17)13(18)16-10-2-3-10/h9-12,15H,2-8H2,1H3,(H,16,18). The van der Waals surface area contributed by atoms with E-state index in [1.54, 1.807) is 4.90 Å². The van der Waals surface area contributed by atoms with E-state index in [1.165, 1.54) is 0 Å². The predicted octanol–water partition coefficient (Wildman–Crippen LogP) is -0.510. The second-order valence-corrected chi connectivity index (χ2v) is 6.10. The fraction of sp³-hybridized carbons (Fsp3) is 0.857. The Morgan fingerprint density at radius 2 is 2.10 bits per heavy atom. The van der Waals surface area contributed by atoms with Gasteiger partial charge in [-0.05, 0) is 31.7 Å². The molecule has 3 rings (SSSR count). The molecule has 2 saturated heterocycles. The molecule has 6 heteroatoms. The Bertz CT molecular complexity index is 397. The monoisotopic (exact) mass is 281 g/mol. The smallest absolute Gasteiger partial charge is 0.245 e. The molecule has 20 heavy (non-hydrogen) atoms. The van der Waals surface area contributed by atoms with E-state index >= 15 is 0 Å². The van der Waals surface area contributed by atoms with Crippen molar-refractivity contribution in [2.75, 3.05) is 26.3 Å². The van der Waals surface area contributed by atoms with Crippen LogP contribution in [0.1, 0.15) is 26.2 Å². The highest BCUT2D eigenvalue weighted by Gasteiger charge is 2.40. The van der Waals surface area contributed by atoms with Crippen LogP contribution < -0.4 is 10.6 Å². The van der Waals surface area contributed by atoms with Crippen LogP contribution in [0.5, 0.6) is 0 Å². The van der Waals surface area contributed by atoms with E-state index in [9.17, 15) is 9.59 Å². The third-order valence-electron chi connectivity index (χ3n) is 4.44. The molecule has 0 aromatic carbocycles. The number of amides is 2. The zero-order chi connectivity index (χ0) is 14.1. The van der Waals surface area contributed by atoms with E-state index in [4.69, 9.17) is 4.74 Å². The largest absolute Gasteiger partial charge is 0.377 e. The summed E-state index contributed by atoms with van der Waals surface area (Å²) in [5.74, 6) is 0.318. The highest BCUT2D eigenvalue weighted by molar-refractivity contribution is 5.90. The normalized spacial score (nSPS) is 34.0. The van der Waals surface area contributed by atoms with Crippen molar-refractivity contribution in [1.82, 2.24) is 15.5 Å². The van der Waals surface area contributed by atoms with Crippen molar-refractivity contribution in [3.05, 3.63) is 0 Å². The number of morpholine rings is 1. The Morgan fingerprint density at radius 3 is 2.75 bits per heavy atom. The summed E-state index contributed by atoms with van der Waals surface area (Å²) in [6, 6.07) is -0.305. The van der Waals surface area contributed by atoms with Crippen LogP contribution in [-0.4, -0.2) is 61.1 Å². The van der Waals surface area contributed by atoms with Crippen molar-refractivity contribution >= 4 is 11.8 Å². The highest BCUT2D eigenvalue weighted by Crippen LogP contribution is 2.21. The molecule has 2 N–H and O–H groups in total. The fourth-order valence-electron chi connectivity index (χ4n) is 2.95. The molecule has 2 aliphatic heterocycles. The maximum absolute atomic E-state index is 12.7. The van der Waals surface area contributed by atoms with Crippen LogP contribution in [-0.2, 0) is 14.3 Å². The van der Waals surface area contributed by atoms with E-state index in [-0.39, 0.29) is 17.9 Å². The van der Waals surface area contributed by atoms with Gasteiger partial charge in [-0.3, -0.25) is 9.59 Å². The minimum atomic E-state index is -0.466. The van der Waals surface area contributed by atoms with Gasteiger partial charge < -0.3 is 20.3 Å². The molecule has 2 amide bonds. The zero-order valence-electron chi connectivity index (χ0n) is 11.9. The van der Waals surface area contributed by atoms with E-state index < -0.39 is 6.04 Å². The predicted molar refractivity (Wildman–Crippen MR) is 73.1 cm³/mol. The number of rotatable bonds is 3. The first-order valence-electron chi connectivity index (χ1n) is 7.59. The van der Waals surface area contributed by atoms with E-state index in [1.807, 2.05) is 0 Å². The molecule has 3 aliphatic rings. The molecular weight excluding hydrogens is 258 g/mol. The summed E-state index contributed by atoms with van der Waals surface area (Å²) in [5.41, 5.74) is 0. The van der Waals surface area contributed by atoms with Gasteiger partial charge in [-0.1, -0.05) is 6.92 Å². The Balaban J connectivity index is 1.67. The van der Waals surface area contributed by atoms with Gasteiger partial charge in [-0.2, -0.15) is 0 Å². The molecule has 112 valence electrons. The van der Waals surface area contributed by atoms with E-state index in [2.05, 4.69) is 17.6 Å². The second-order valence-electron chi connectivity index (χ2n) is 6.10.